The van der Waals surface area contributed by atoms with Crippen molar-refractivity contribution in [1.82, 2.24) is 5.32 Å². The van der Waals surface area contributed by atoms with Gasteiger partial charge in [-0.25, -0.2) is 0 Å². The van der Waals surface area contributed by atoms with Gasteiger partial charge in [-0.15, -0.1) is 0 Å². The topological polar surface area (TPSA) is 49.3 Å². The standard InChI is InChI=1S/C12H23NO2/c1-8(2)11(12(14)15)13-10-6-4-9(3)5-7-10/h8-11,13H,4-7H2,1-3H3,(H,14,15). The van der Waals surface area contributed by atoms with Crippen LogP contribution in [0.15, 0.2) is 0 Å². The minimum Gasteiger partial charge on any atom is -0.480 e. The van der Waals surface area contributed by atoms with E-state index in [1.165, 1.54) is 12.8 Å². The average molecular weight is 213 g/mol. The lowest BCUT2D eigenvalue weighted by molar-refractivity contribution is -0.141. The van der Waals surface area contributed by atoms with E-state index in [1.54, 1.807) is 0 Å². The minimum atomic E-state index is -0.719. The lowest BCUT2D eigenvalue weighted by atomic mass is 9.86. The second-order valence-corrected chi connectivity index (χ2v) is 5.18. The molecule has 1 rings (SSSR count). The molecule has 0 aliphatic heterocycles. The van der Waals surface area contributed by atoms with Crippen LogP contribution in [0.2, 0.25) is 0 Å². The molecule has 3 nitrogen and oxygen atoms in total. The van der Waals surface area contributed by atoms with Crippen LogP contribution in [0.1, 0.15) is 46.5 Å². The van der Waals surface area contributed by atoms with Crippen LogP contribution in [-0.4, -0.2) is 23.2 Å². The first-order valence-electron chi connectivity index (χ1n) is 5.99. The van der Waals surface area contributed by atoms with Gasteiger partial charge in [-0.3, -0.25) is 4.79 Å². The molecule has 1 fully saturated rings. The van der Waals surface area contributed by atoms with Gasteiger partial charge in [-0.05, 0) is 37.5 Å². The van der Waals surface area contributed by atoms with Crippen molar-refractivity contribution < 1.29 is 9.90 Å². The van der Waals surface area contributed by atoms with Crippen molar-refractivity contribution in [1.29, 1.82) is 0 Å². The predicted molar refractivity (Wildman–Crippen MR) is 60.8 cm³/mol. The number of carbonyl (C=O) groups is 1. The number of hydrogen-bond donors (Lipinski definition) is 2. The molecule has 3 heteroatoms. The third kappa shape index (κ3) is 3.82. The molecule has 0 amide bonds. The van der Waals surface area contributed by atoms with E-state index in [4.69, 9.17) is 5.11 Å². The summed E-state index contributed by atoms with van der Waals surface area (Å²) in [6.07, 6.45) is 4.69. The molecular weight excluding hydrogens is 190 g/mol. The average Bonchev–Trinajstić information content (AvgIpc) is 2.15. The molecule has 0 aromatic carbocycles. The Hall–Kier alpha value is -0.570. The Balaban J connectivity index is 2.41. The summed E-state index contributed by atoms with van der Waals surface area (Å²) in [5, 5.41) is 12.3. The highest BCUT2D eigenvalue weighted by atomic mass is 16.4. The van der Waals surface area contributed by atoms with Crippen LogP contribution in [0, 0.1) is 11.8 Å². The molecule has 0 aromatic rings. The molecule has 1 saturated carbocycles. The Morgan fingerprint density at radius 3 is 2.20 bits per heavy atom. The van der Waals surface area contributed by atoms with Crippen molar-refractivity contribution in [2.24, 2.45) is 11.8 Å². The molecule has 0 aromatic heterocycles. The summed E-state index contributed by atoms with van der Waals surface area (Å²) in [6.45, 7) is 6.18. The van der Waals surface area contributed by atoms with Gasteiger partial charge in [0, 0.05) is 6.04 Å². The normalized spacial score (nSPS) is 29.1. The second-order valence-electron chi connectivity index (χ2n) is 5.18. The molecule has 1 aliphatic carbocycles. The van der Waals surface area contributed by atoms with E-state index >= 15 is 0 Å². The van der Waals surface area contributed by atoms with Gasteiger partial charge < -0.3 is 10.4 Å². The van der Waals surface area contributed by atoms with E-state index < -0.39 is 5.97 Å². The largest absolute Gasteiger partial charge is 0.480 e. The summed E-state index contributed by atoms with van der Waals surface area (Å²) >= 11 is 0. The summed E-state index contributed by atoms with van der Waals surface area (Å²) in [6, 6.07) is 0.0214. The van der Waals surface area contributed by atoms with Crippen molar-refractivity contribution in [2.75, 3.05) is 0 Å². The lowest BCUT2D eigenvalue weighted by Gasteiger charge is -2.30. The lowest BCUT2D eigenvalue weighted by Crippen LogP contribution is -2.47. The Morgan fingerprint density at radius 1 is 1.27 bits per heavy atom. The number of carboxylic acid groups (broad SMARTS) is 1. The van der Waals surface area contributed by atoms with E-state index in [1.807, 2.05) is 13.8 Å². The maximum absolute atomic E-state index is 11.0. The van der Waals surface area contributed by atoms with Gasteiger partial charge in [0.15, 0.2) is 0 Å². The first-order chi connectivity index (χ1) is 7.00. The second kappa shape index (κ2) is 5.50. The highest BCUT2D eigenvalue weighted by Crippen LogP contribution is 2.24. The Bertz CT molecular complexity index is 208. The first kappa shape index (κ1) is 12.5. The maximum Gasteiger partial charge on any atom is 0.320 e. The van der Waals surface area contributed by atoms with E-state index in [-0.39, 0.29) is 12.0 Å². The van der Waals surface area contributed by atoms with Crippen molar-refractivity contribution in [3.8, 4) is 0 Å². The Kier molecular flexibility index (Phi) is 4.58. The number of nitrogens with one attached hydrogen (secondary N) is 1. The summed E-state index contributed by atoms with van der Waals surface area (Å²) < 4.78 is 0. The molecule has 1 aliphatic rings. The summed E-state index contributed by atoms with van der Waals surface area (Å²) in [5.74, 6) is 0.246. The molecule has 0 heterocycles. The summed E-state index contributed by atoms with van der Waals surface area (Å²) in [7, 11) is 0. The summed E-state index contributed by atoms with van der Waals surface area (Å²) in [4.78, 5) is 11.0. The zero-order valence-electron chi connectivity index (χ0n) is 9.99. The summed E-state index contributed by atoms with van der Waals surface area (Å²) in [5.41, 5.74) is 0. The highest BCUT2D eigenvalue weighted by molar-refractivity contribution is 5.73. The van der Waals surface area contributed by atoms with Crippen LogP contribution in [0.5, 0.6) is 0 Å². The van der Waals surface area contributed by atoms with Gasteiger partial charge in [0.05, 0.1) is 0 Å². The van der Waals surface area contributed by atoms with Gasteiger partial charge in [0.2, 0.25) is 0 Å². The zero-order chi connectivity index (χ0) is 11.4. The van der Waals surface area contributed by atoms with Crippen molar-refractivity contribution in [3.05, 3.63) is 0 Å². The fraction of sp³-hybridized carbons (Fsp3) is 0.917. The van der Waals surface area contributed by atoms with E-state index in [0.29, 0.717) is 6.04 Å². The van der Waals surface area contributed by atoms with Crippen LogP contribution in [0.25, 0.3) is 0 Å². The van der Waals surface area contributed by atoms with Gasteiger partial charge in [0.25, 0.3) is 0 Å². The molecule has 2 N–H and O–H groups in total. The highest BCUT2D eigenvalue weighted by Gasteiger charge is 2.26. The molecule has 0 saturated heterocycles. The van der Waals surface area contributed by atoms with Crippen LogP contribution in [0.3, 0.4) is 0 Å². The van der Waals surface area contributed by atoms with Gasteiger partial charge in [-0.1, -0.05) is 20.8 Å². The minimum absolute atomic E-state index is 0.154. The molecule has 15 heavy (non-hydrogen) atoms. The van der Waals surface area contributed by atoms with Gasteiger partial charge >= 0.3 is 5.97 Å². The smallest absolute Gasteiger partial charge is 0.320 e. The molecule has 1 atom stereocenters. The predicted octanol–water partition coefficient (Wildman–Crippen LogP) is 2.26. The number of rotatable bonds is 4. The van der Waals surface area contributed by atoms with Gasteiger partial charge in [0.1, 0.15) is 6.04 Å². The monoisotopic (exact) mass is 213 g/mol. The van der Waals surface area contributed by atoms with Crippen LogP contribution in [0.4, 0.5) is 0 Å². The molecule has 88 valence electrons. The number of aliphatic carboxylic acids is 1. The van der Waals surface area contributed by atoms with Crippen LogP contribution in [-0.2, 0) is 4.79 Å². The molecular formula is C12H23NO2. The van der Waals surface area contributed by atoms with Crippen molar-refractivity contribution in [3.63, 3.8) is 0 Å². The van der Waals surface area contributed by atoms with E-state index in [2.05, 4.69) is 12.2 Å². The SMILES string of the molecule is CC1CCC(NC(C(=O)O)C(C)C)CC1. The Morgan fingerprint density at radius 2 is 1.80 bits per heavy atom. The quantitative estimate of drug-likeness (QED) is 0.753. The zero-order valence-corrected chi connectivity index (χ0v) is 9.99. The fourth-order valence-corrected chi connectivity index (χ4v) is 2.23. The first-order valence-corrected chi connectivity index (χ1v) is 5.99. The van der Waals surface area contributed by atoms with E-state index in [0.717, 1.165) is 18.8 Å². The molecule has 0 bridgehead atoms. The molecule has 0 radical (unpaired) electrons. The number of carboxylic acids is 1. The third-order valence-corrected chi connectivity index (χ3v) is 3.36. The van der Waals surface area contributed by atoms with Crippen molar-refractivity contribution in [2.45, 2.75) is 58.5 Å². The third-order valence-electron chi connectivity index (χ3n) is 3.36. The maximum atomic E-state index is 11.0. The van der Waals surface area contributed by atoms with Crippen molar-refractivity contribution >= 4 is 5.97 Å². The Labute approximate surface area is 92.3 Å². The fourth-order valence-electron chi connectivity index (χ4n) is 2.23. The van der Waals surface area contributed by atoms with Crippen LogP contribution >= 0.6 is 0 Å². The number of hydrogen-bond acceptors (Lipinski definition) is 2. The molecule has 1 unspecified atom stereocenters. The molecule has 0 spiro atoms. The van der Waals surface area contributed by atoms with Gasteiger partial charge in [-0.2, -0.15) is 0 Å². The van der Waals surface area contributed by atoms with Crippen LogP contribution < -0.4 is 5.32 Å². The van der Waals surface area contributed by atoms with E-state index in [9.17, 15) is 4.79 Å².